The number of carbonyl (C=O) groups is 1. The van der Waals surface area contributed by atoms with E-state index in [2.05, 4.69) is 50.8 Å². The lowest BCUT2D eigenvalue weighted by atomic mass is 9.95. The summed E-state index contributed by atoms with van der Waals surface area (Å²) in [6, 6.07) is -0.920. The van der Waals surface area contributed by atoms with Gasteiger partial charge in [-0.1, -0.05) is 32.8 Å². The van der Waals surface area contributed by atoms with Gasteiger partial charge in [0.2, 0.25) is 0 Å². The van der Waals surface area contributed by atoms with Crippen LogP contribution in [0.4, 0.5) is 0 Å². The summed E-state index contributed by atoms with van der Waals surface area (Å²) in [5.41, 5.74) is 9.26. The van der Waals surface area contributed by atoms with Gasteiger partial charge in [0, 0.05) is 4.91 Å². The Morgan fingerprint density at radius 2 is 1.94 bits per heavy atom. The molecule has 0 amide bonds. The van der Waals surface area contributed by atoms with Crippen molar-refractivity contribution in [1.29, 1.82) is 0 Å². The number of carboxylic acid groups (broad SMARTS) is 1. The minimum absolute atomic E-state index is 0.111. The highest BCUT2D eigenvalue weighted by Gasteiger charge is 2.55. The van der Waals surface area contributed by atoms with E-state index in [1.807, 2.05) is 0 Å². The Balaban J connectivity index is 2.43. The average Bonchev–Trinajstić information content (AvgIpc) is 2.63. The molecule has 0 aliphatic carbocycles. The molecule has 2 saturated heterocycles. The topological polar surface area (TPSA) is 132 Å². The molecule has 0 spiro atoms. The molecule has 2 aliphatic rings. The van der Waals surface area contributed by atoms with Gasteiger partial charge in [0.15, 0.2) is 26.5 Å². The molecule has 2 heterocycles. The predicted octanol–water partition coefficient (Wildman–Crippen LogP) is 4.06. The molecule has 0 aromatic carbocycles. The Morgan fingerprint density at radius 3 is 2.45 bits per heavy atom. The van der Waals surface area contributed by atoms with Crippen molar-refractivity contribution in [2.24, 2.45) is 11.0 Å². The summed E-state index contributed by atoms with van der Waals surface area (Å²) in [5.74, 6) is -1.69. The Hall–Kier alpha value is -1.20. The highest BCUT2D eigenvalue weighted by atomic mass is 28.4. The van der Waals surface area contributed by atoms with Gasteiger partial charge < -0.3 is 28.5 Å². The number of rotatable bonds is 8. The van der Waals surface area contributed by atoms with Gasteiger partial charge in [0.25, 0.3) is 0 Å². The van der Waals surface area contributed by atoms with E-state index >= 15 is 0 Å². The van der Waals surface area contributed by atoms with Crippen LogP contribution in [0.15, 0.2) is 5.11 Å². The standard InChI is InChI=1S/C20H37N3O7Si/c1-11(2)19(4,5)31(8,9)30-18-14(22-23-21)16(27-12(3)17(24)25)15-13(28-18)10-26-20(6,7)29-15/h11-16,18H,10H2,1-9H3,(H,24,25)/t12-,13-,14-,15-,16-,18+/m1/s1. The fourth-order valence-electron chi connectivity index (χ4n) is 3.68. The lowest BCUT2D eigenvalue weighted by molar-refractivity contribution is -0.366. The minimum atomic E-state index is -2.39. The molecule has 11 heteroatoms. The Morgan fingerprint density at radius 1 is 1.32 bits per heavy atom. The van der Waals surface area contributed by atoms with Crippen molar-refractivity contribution >= 4 is 14.3 Å². The van der Waals surface area contributed by atoms with Gasteiger partial charge in [-0.15, -0.1) is 0 Å². The predicted molar refractivity (Wildman–Crippen MR) is 116 cm³/mol. The summed E-state index contributed by atoms with van der Waals surface area (Å²) in [5, 5.41) is 13.2. The summed E-state index contributed by atoms with van der Waals surface area (Å²) < 4.78 is 30.4. The van der Waals surface area contributed by atoms with Crippen molar-refractivity contribution in [3.05, 3.63) is 10.4 Å². The van der Waals surface area contributed by atoms with Gasteiger partial charge in [-0.2, -0.15) is 0 Å². The number of hydrogen-bond donors (Lipinski definition) is 1. The SMILES string of the molecule is CC(C)C(C)(C)[Si](C)(C)O[C@@H]1O[C@@H]2COC(C)(C)O[C@H]2[C@H](O[C@H](C)C(=O)O)[C@H]1N=[N+]=[N-]. The number of azide groups is 1. The Bertz CT molecular complexity index is 709. The zero-order chi connectivity index (χ0) is 23.8. The first-order valence-electron chi connectivity index (χ1n) is 10.7. The number of hydrogen-bond acceptors (Lipinski definition) is 7. The number of ether oxygens (including phenoxy) is 4. The molecule has 10 nitrogen and oxygen atoms in total. The fourth-order valence-corrected chi connectivity index (χ4v) is 6.15. The van der Waals surface area contributed by atoms with Crippen LogP contribution in [0, 0.1) is 5.92 Å². The van der Waals surface area contributed by atoms with Crippen molar-refractivity contribution in [1.82, 2.24) is 0 Å². The number of aliphatic carboxylic acids is 1. The maximum atomic E-state index is 11.5. The molecule has 0 aromatic rings. The second-order valence-electron chi connectivity index (χ2n) is 10.1. The quantitative estimate of drug-likeness (QED) is 0.250. The van der Waals surface area contributed by atoms with Crippen LogP contribution < -0.4 is 0 Å². The highest BCUT2D eigenvalue weighted by Crippen LogP contribution is 2.46. The third kappa shape index (κ3) is 5.59. The van der Waals surface area contributed by atoms with Crippen LogP contribution in [0.3, 0.4) is 0 Å². The first kappa shape index (κ1) is 26.1. The maximum Gasteiger partial charge on any atom is 0.332 e. The lowest BCUT2D eigenvalue weighted by Crippen LogP contribution is -2.67. The molecular weight excluding hydrogens is 422 g/mol. The van der Waals surface area contributed by atoms with Gasteiger partial charge in [-0.25, -0.2) is 4.79 Å². The van der Waals surface area contributed by atoms with E-state index in [-0.39, 0.29) is 11.6 Å². The average molecular weight is 460 g/mol. The number of fused-ring (bicyclic) bond motifs is 1. The Kier molecular flexibility index (Phi) is 7.85. The first-order chi connectivity index (χ1) is 14.1. The van der Waals surface area contributed by atoms with E-state index in [9.17, 15) is 15.4 Å². The third-order valence-electron chi connectivity index (χ3n) is 6.93. The molecule has 0 aromatic heterocycles. The van der Waals surface area contributed by atoms with E-state index in [4.69, 9.17) is 23.4 Å². The molecule has 2 fully saturated rings. The van der Waals surface area contributed by atoms with Gasteiger partial charge in [-0.3, -0.25) is 0 Å². The second kappa shape index (κ2) is 9.34. The van der Waals surface area contributed by atoms with E-state index in [1.54, 1.807) is 13.8 Å². The summed E-state index contributed by atoms with van der Waals surface area (Å²) in [6.45, 7) is 18.0. The molecule has 31 heavy (non-hydrogen) atoms. The number of nitrogens with zero attached hydrogens (tertiary/aromatic N) is 3. The molecule has 2 rings (SSSR count). The zero-order valence-electron chi connectivity index (χ0n) is 20.0. The van der Waals surface area contributed by atoms with E-state index in [1.165, 1.54) is 6.92 Å². The molecular formula is C20H37N3O7Si. The van der Waals surface area contributed by atoms with Gasteiger partial charge in [0.1, 0.15) is 24.4 Å². The lowest BCUT2D eigenvalue weighted by Gasteiger charge is -2.53. The van der Waals surface area contributed by atoms with Gasteiger partial charge >= 0.3 is 5.97 Å². The van der Waals surface area contributed by atoms with Crippen LogP contribution in [0.1, 0.15) is 48.5 Å². The largest absolute Gasteiger partial charge is 0.479 e. The molecule has 0 saturated carbocycles. The minimum Gasteiger partial charge on any atom is -0.479 e. The number of carboxylic acids is 1. The summed E-state index contributed by atoms with van der Waals surface area (Å²) >= 11 is 0. The van der Waals surface area contributed by atoms with Crippen molar-refractivity contribution < 1.29 is 33.3 Å². The molecule has 2 aliphatic heterocycles. The molecule has 1 N–H and O–H groups in total. The van der Waals surface area contributed by atoms with Crippen LogP contribution in [0.5, 0.6) is 0 Å². The van der Waals surface area contributed by atoms with Crippen molar-refractivity contribution in [3.63, 3.8) is 0 Å². The van der Waals surface area contributed by atoms with Crippen LogP contribution in [-0.2, 0) is 28.2 Å². The normalized spacial score (nSPS) is 32.1. The van der Waals surface area contributed by atoms with E-state index in [0.29, 0.717) is 5.92 Å². The molecule has 6 atom stereocenters. The molecule has 0 radical (unpaired) electrons. The summed E-state index contributed by atoms with van der Waals surface area (Å²) in [4.78, 5) is 14.5. The Labute approximate surface area is 185 Å². The summed E-state index contributed by atoms with van der Waals surface area (Å²) in [6.07, 6.45) is -4.14. The van der Waals surface area contributed by atoms with Crippen LogP contribution >= 0.6 is 0 Å². The molecule has 178 valence electrons. The van der Waals surface area contributed by atoms with Crippen molar-refractivity contribution in [3.8, 4) is 0 Å². The fraction of sp³-hybridized carbons (Fsp3) is 0.950. The maximum absolute atomic E-state index is 11.5. The van der Waals surface area contributed by atoms with E-state index < -0.39 is 56.8 Å². The van der Waals surface area contributed by atoms with Crippen LogP contribution in [-0.4, -0.2) is 68.5 Å². The van der Waals surface area contributed by atoms with Crippen molar-refractivity contribution in [2.75, 3.05) is 6.61 Å². The second-order valence-corrected chi connectivity index (χ2v) is 14.7. The zero-order valence-corrected chi connectivity index (χ0v) is 21.0. The highest BCUT2D eigenvalue weighted by molar-refractivity contribution is 6.74. The summed E-state index contributed by atoms with van der Waals surface area (Å²) in [7, 11) is -2.39. The van der Waals surface area contributed by atoms with Gasteiger partial charge in [-0.05, 0) is 50.4 Å². The van der Waals surface area contributed by atoms with Crippen molar-refractivity contribution in [2.45, 2.75) is 109 Å². The van der Waals surface area contributed by atoms with Gasteiger partial charge in [0.05, 0.1) is 6.61 Å². The first-order valence-corrected chi connectivity index (χ1v) is 13.6. The van der Waals surface area contributed by atoms with E-state index in [0.717, 1.165) is 0 Å². The third-order valence-corrected chi connectivity index (χ3v) is 11.4. The van der Waals surface area contributed by atoms with Crippen LogP contribution in [0.2, 0.25) is 18.1 Å². The smallest absolute Gasteiger partial charge is 0.332 e. The molecule has 0 unspecified atom stereocenters. The molecule has 0 bridgehead atoms. The van der Waals surface area contributed by atoms with Crippen LogP contribution in [0.25, 0.3) is 10.4 Å². The monoisotopic (exact) mass is 459 g/mol.